The smallest absolute Gasteiger partial charge is 0.175 e. The Hall–Kier alpha value is -3.47. The van der Waals surface area contributed by atoms with Gasteiger partial charge >= 0.3 is 0 Å². The molecular weight excluding hydrogens is 310 g/mol. The van der Waals surface area contributed by atoms with Crippen molar-refractivity contribution in [2.45, 2.75) is 6.42 Å². The zero-order valence-corrected chi connectivity index (χ0v) is 13.6. The maximum absolute atomic E-state index is 4.44. The van der Waals surface area contributed by atoms with Gasteiger partial charge in [-0.15, -0.1) is 5.10 Å². The van der Waals surface area contributed by atoms with Gasteiger partial charge in [0.15, 0.2) is 5.82 Å². The molecule has 4 rings (SSSR count). The zero-order chi connectivity index (χ0) is 16.9. The molecule has 0 bridgehead atoms. The molecule has 0 amide bonds. The Morgan fingerprint density at radius 2 is 1.40 bits per heavy atom. The average Bonchev–Trinajstić information content (AvgIpc) is 2.69. The molecule has 0 fully saturated rings. The largest absolute Gasteiger partial charge is 0.300 e. The van der Waals surface area contributed by atoms with Crippen molar-refractivity contribution in [2.75, 3.05) is 10.9 Å². The fourth-order valence-electron chi connectivity index (χ4n) is 2.73. The van der Waals surface area contributed by atoms with Crippen LogP contribution in [0.2, 0.25) is 0 Å². The molecule has 25 heavy (non-hydrogen) atoms. The first-order chi connectivity index (χ1) is 12.4. The fraction of sp³-hybridized carbons (Fsp3) is 0.0500. The highest BCUT2D eigenvalue weighted by Crippen LogP contribution is 2.24. The average molecular weight is 327 g/mol. The number of pyridine rings is 1. The number of anilines is 2. The van der Waals surface area contributed by atoms with Gasteiger partial charge in [0.1, 0.15) is 0 Å². The van der Waals surface area contributed by atoms with Crippen LogP contribution in [-0.2, 0) is 6.42 Å². The van der Waals surface area contributed by atoms with E-state index in [-0.39, 0.29) is 0 Å². The second-order valence-electron chi connectivity index (χ2n) is 5.69. The Labute approximate surface area is 145 Å². The Morgan fingerprint density at radius 3 is 2.20 bits per heavy atom. The number of fused-ring (bicyclic) bond motifs is 1. The van der Waals surface area contributed by atoms with E-state index >= 15 is 0 Å². The first kappa shape index (κ1) is 15.1. The lowest BCUT2D eigenvalue weighted by Gasteiger charge is -2.12. The number of nitrogens with zero attached hydrogens (tertiary/aromatic N) is 3. The summed E-state index contributed by atoms with van der Waals surface area (Å²) >= 11 is 0. The molecule has 2 aromatic carbocycles. The van der Waals surface area contributed by atoms with E-state index in [2.05, 4.69) is 38.2 Å². The molecule has 0 radical (unpaired) electrons. The zero-order valence-electron chi connectivity index (χ0n) is 13.6. The Balaban J connectivity index is 1.64. The van der Waals surface area contributed by atoms with E-state index < -0.39 is 0 Å². The minimum Gasteiger partial charge on any atom is -0.300 e. The molecule has 0 saturated carbocycles. The van der Waals surface area contributed by atoms with Crippen molar-refractivity contribution in [1.82, 2.24) is 15.2 Å². The molecule has 122 valence electrons. The molecule has 0 aliphatic carbocycles. The molecule has 2 heterocycles. The van der Waals surface area contributed by atoms with Crippen molar-refractivity contribution in [3.05, 3.63) is 90.4 Å². The molecule has 4 aromatic rings. The Bertz CT molecular complexity index is 971. The highest BCUT2D eigenvalue weighted by Gasteiger charge is 2.09. The van der Waals surface area contributed by atoms with Gasteiger partial charge in [-0.05, 0) is 29.8 Å². The van der Waals surface area contributed by atoms with Crippen molar-refractivity contribution < 1.29 is 0 Å². The lowest BCUT2D eigenvalue weighted by Crippen LogP contribution is -2.12. The van der Waals surface area contributed by atoms with Crippen LogP contribution in [0.15, 0.2) is 79.1 Å². The lowest BCUT2D eigenvalue weighted by atomic mass is 10.1. The molecule has 0 saturated heterocycles. The van der Waals surface area contributed by atoms with Gasteiger partial charge in [0, 0.05) is 29.6 Å². The van der Waals surface area contributed by atoms with Gasteiger partial charge in [-0.25, -0.2) is 0 Å². The van der Waals surface area contributed by atoms with Gasteiger partial charge in [0.2, 0.25) is 0 Å². The van der Waals surface area contributed by atoms with Crippen LogP contribution in [0, 0.1) is 0 Å². The molecule has 5 nitrogen and oxygen atoms in total. The first-order valence-corrected chi connectivity index (χ1v) is 8.10. The molecule has 2 aromatic heterocycles. The quantitative estimate of drug-likeness (QED) is 0.541. The molecule has 0 aliphatic rings. The van der Waals surface area contributed by atoms with Crippen LogP contribution in [0.4, 0.5) is 11.5 Å². The lowest BCUT2D eigenvalue weighted by molar-refractivity contribution is 0.957. The Kier molecular flexibility index (Phi) is 4.20. The predicted octanol–water partition coefficient (Wildman–Crippen LogP) is 4.05. The molecule has 0 spiro atoms. The van der Waals surface area contributed by atoms with E-state index in [1.165, 1.54) is 0 Å². The SMILES string of the molecule is c1ccc(NNc2nnc(Cc3ccncc3)c3ccccc23)cc1. The second kappa shape index (κ2) is 6.97. The van der Waals surface area contributed by atoms with Gasteiger partial charge in [-0.1, -0.05) is 42.5 Å². The topological polar surface area (TPSA) is 62.7 Å². The van der Waals surface area contributed by atoms with Crippen LogP contribution < -0.4 is 10.9 Å². The first-order valence-electron chi connectivity index (χ1n) is 8.10. The fourth-order valence-corrected chi connectivity index (χ4v) is 2.73. The standard InChI is InChI=1S/C20H17N5/c1-2-6-16(7-3-1)22-24-20-18-9-5-4-8-17(18)19(23-25-20)14-15-10-12-21-13-11-15/h1-13,22H,14H2,(H,24,25). The summed E-state index contributed by atoms with van der Waals surface area (Å²) in [5.74, 6) is 0.706. The van der Waals surface area contributed by atoms with E-state index in [0.29, 0.717) is 5.82 Å². The summed E-state index contributed by atoms with van der Waals surface area (Å²) in [6.45, 7) is 0. The highest BCUT2D eigenvalue weighted by atomic mass is 15.4. The monoisotopic (exact) mass is 327 g/mol. The molecule has 0 unspecified atom stereocenters. The van der Waals surface area contributed by atoms with Gasteiger partial charge in [0.25, 0.3) is 0 Å². The van der Waals surface area contributed by atoms with Crippen molar-refractivity contribution in [3.63, 3.8) is 0 Å². The van der Waals surface area contributed by atoms with E-state index in [1.807, 2.05) is 54.6 Å². The summed E-state index contributed by atoms with van der Waals surface area (Å²) in [7, 11) is 0. The number of aromatic nitrogens is 3. The van der Waals surface area contributed by atoms with E-state index in [1.54, 1.807) is 12.4 Å². The van der Waals surface area contributed by atoms with Crippen LogP contribution in [0.1, 0.15) is 11.3 Å². The molecular formula is C20H17N5. The summed E-state index contributed by atoms with van der Waals surface area (Å²) in [5.41, 5.74) is 9.41. The minimum absolute atomic E-state index is 0.706. The predicted molar refractivity (Wildman–Crippen MR) is 100 cm³/mol. The molecule has 2 N–H and O–H groups in total. The number of hydrogen-bond donors (Lipinski definition) is 2. The number of para-hydroxylation sites is 1. The highest BCUT2D eigenvalue weighted by molar-refractivity contribution is 5.93. The minimum atomic E-state index is 0.706. The molecule has 0 aliphatic heterocycles. The summed E-state index contributed by atoms with van der Waals surface area (Å²) in [4.78, 5) is 4.06. The summed E-state index contributed by atoms with van der Waals surface area (Å²) in [5, 5.41) is 10.9. The third-order valence-electron chi connectivity index (χ3n) is 3.98. The summed E-state index contributed by atoms with van der Waals surface area (Å²) < 4.78 is 0. The van der Waals surface area contributed by atoms with Crippen LogP contribution >= 0.6 is 0 Å². The third kappa shape index (κ3) is 3.40. The van der Waals surface area contributed by atoms with Crippen molar-refractivity contribution in [1.29, 1.82) is 0 Å². The summed E-state index contributed by atoms with van der Waals surface area (Å²) in [6.07, 6.45) is 4.32. The maximum atomic E-state index is 4.44. The Morgan fingerprint density at radius 1 is 0.680 bits per heavy atom. The van der Waals surface area contributed by atoms with Crippen LogP contribution in [0.5, 0.6) is 0 Å². The number of hydrogen-bond acceptors (Lipinski definition) is 5. The summed E-state index contributed by atoms with van der Waals surface area (Å²) in [6, 6.07) is 22.1. The van der Waals surface area contributed by atoms with E-state index in [0.717, 1.165) is 34.1 Å². The number of hydrazine groups is 1. The van der Waals surface area contributed by atoms with Crippen molar-refractivity contribution in [2.24, 2.45) is 0 Å². The maximum Gasteiger partial charge on any atom is 0.175 e. The van der Waals surface area contributed by atoms with E-state index in [4.69, 9.17) is 0 Å². The van der Waals surface area contributed by atoms with Gasteiger partial charge in [-0.3, -0.25) is 15.8 Å². The molecule has 0 atom stereocenters. The second-order valence-corrected chi connectivity index (χ2v) is 5.69. The van der Waals surface area contributed by atoms with E-state index in [9.17, 15) is 0 Å². The van der Waals surface area contributed by atoms with Crippen molar-refractivity contribution >= 4 is 22.3 Å². The van der Waals surface area contributed by atoms with Crippen LogP contribution in [0.3, 0.4) is 0 Å². The van der Waals surface area contributed by atoms with Gasteiger partial charge in [0.05, 0.1) is 11.4 Å². The normalized spacial score (nSPS) is 10.6. The van der Waals surface area contributed by atoms with Crippen LogP contribution in [-0.4, -0.2) is 15.2 Å². The van der Waals surface area contributed by atoms with Crippen molar-refractivity contribution in [3.8, 4) is 0 Å². The van der Waals surface area contributed by atoms with Crippen LogP contribution in [0.25, 0.3) is 10.8 Å². The third-order valence-corrected chi connectivity index (χ3v) is 3.98. The number of rotatable bonds is 5. The molecule has 5 heteroatoms. The van der Waals surface area contributed by atoms with Gasteiger partial charge < -0.3 is 0 Å². The van der Waals surface area contributed by atoms with Gasteiger partial charge in [-0.2, -0.15) is 5.10 Å². The number of benzene rings is 2. The number of nitrogens with one attached hydrogen (secondary N) is 2.